The van der Waals surface area contributed by atoms with Gasteiger partial charge in [-0.1, -0.05) is 20.8 Å². The Kier molecular flexibility index (Phi) is 2.82. The predicted molar refractivity (Wildman–Crippen MR) is 54.3 cm³/mol. The molecule has 1 rings (SSSR count). The second-order valence-corrected chi connectivity index (χ2v) is 5.09. The summed E-state index contributed by atoms with van der Waals surface area (Å²) < 4.78 is 0. The Morgan fingerprint density at radius 3 is 2.42 bits per heavy atom. The summed E-state index contributed by atoms with van der Waals surface area (Å²) in [4.78, 5) is 2.48. The van der Waals surface area contributed by atoms with Crippen molar-refractivity contribution >= 4 is 0 Å². The number of hydrogen-bond acceptors (Lipinski definition) is 1. The Morgan fingerprint density at radius 2 is 2.00 bits per heavy atom. The fraction of sp³-hybridized carbons (Fsp3) is 1.00. The molecule has 0 amide bonds. The molecule has 0 aromatic rings. The Balaban J connectivity index is 2.60. The van der Waals surface area contributed by atoms with E-state index in [2.05, 4.69) is 39.6 Å². The van der Waals surface area contributed by atoms with Crippen molar-refractivity contribution in [2.24, 2.45) is 11.3 Å². The molecule has 0 unspecified atom stereocenters. The lowest BCUT2D eigenvalue weighted by Gasteiger charge is -2.44. The van der Waals surface area contributed by atoms with E-state index in [-0.39, 0.29) is 0 Å². The molecule has 0 bridgehead atoms. The summed E-state index contributed by atoms with van der Waals surface area (Å²) in [6.45, 7) is 10.8. The van der Waals surface area contributed by atoms with Crippen molar-refractivity contribution in [3.05, 3.63) is 0 Å². The molecule has 0 aliphatic carbocycles. The zero-order valence-electron chi connectivity index (χ0n) is 9.22. The van der Waals surface area contributed by atoms with E-state index in [4.69, 9.17) is 0 Å². The predicted octanol–water partition coefficient (Wildman–Crippen LogP) is 2.76. The first kappa shape index (κ1) is 10.0. The van der Waals surface area contributed by atoms with Gasteiger partial charge in [-0.3, -0.25) is 0 Å². The van der Waals surface area contributed by atoms with E-state index in [0.29, 0.717) is 5.41 Å². The SMILES string of the molecule is CC(C)[C@]1(C)CCN(C)[C@@H](C)C1. The van der Waals surface area contributed by atoms with Crippen LogP contribution in [0.4, 0.5) is 0 Å². The number of hydrogen-bond donors (Lipinski definition) is 0. The Labute approximate surface area is 77.1 Å². The van der Waals surface area contributed by atoms with Crippen LogP contribution >= 0.6 is 0 Å². The largest absolute Gasteiger partial charge is 0.304 e. The molecule has 1 aliphatic heterocycles. The van der Waals surface area contributed by atoms with Crippen LogP contribution in [-0.4, -0.2) is 24.5 Å². The highest BCUT2D eigenvalue weighted by Gasteiger charge is 2.34. The van der Waals surface area contributed by atoms with Gasteiger partial charge >= 0.3 is 0 Å². The lowest BCUT2D eigenvalue weighted by atomic mass is 9.70. The van der Waals surface area contributed by atoms with E-state index in [1.54, 1.807) is 0 Å². The van der Waals surface area contributed by atoms with Crippen molar-refractivity contribution < 1.29 is 0 Å². The summed E-state index contributed by atoms with van der Waals surface area (Å²) in [5.74, 6) is 0.827. The third-order valence-electron chi connectivity index (χ3n) is 3.94. The first-order valence-electron chi connectivity index (χ1n) is 5.16. The summed E-state index contributed by atoms with van der Waals surface area (Å²) >= 11 is 0. The molecular formula is C11H23N. The van der Waals surface area contributed by atoms with Crippen LogP contribution < -0.4 is 0 Å². The topological polar surface area (TPSA) is 3.24 Å². The smallest absolute Gasteiger partial charge is 0.00691 e. The average molecular weight is 169 g/mol. The Bertz CT molecular complexity index is 153. The van der Waals surface area contributed by atoms with Crippen LogP contribution in [0.25, 0.3) is 0 Å². The van der Waals surface area contributed by atoms with Gasteiger partial charge in [0, 0.05) is 6.04 Å². The lowest BCUT2D eigenvalue weighted by Crippen LogP contribution is -2.44. The van der Waals surface area contributed by atoms with E-state index < -0.39 is 0 Å². The lowest BCUT2D eigenvalue weighted by molar-refractivity contribution is 0.0537. The average Bonchev–Trinajstić information content (AvgIpc) is 1.97. The van der Waals surface area contributed by atoms with E-state index in [0.717, 1.165) is 12.0 Å². The van der Waals surface area contributed by atoms with Crippen LogP contribution in [0.3, 0.4) is 0 Å². The summed E-state index contributed by atoms with van der Waals surface area (Å²) in [7, 11) is 2.24. The monoisotopic (exact) mass is 169 g/mol. The van der Waals surface area contributed by atoms with Gasteiger partial charge < -0.3 is 4.90 Å². The van der Waals surface area contributed by atoms with Gasteiger partial charge in [-0.25, -0.2) is 0 Å². The van der Waals surface area contributed by atoms with Crippen molar-refractivity contribution in [1.29, 1.82) is 0 Å². The Hall–Kier alpha value is -0.0400. The minimum atomic E-state index is 0.589. The molecule has 1 heterocycles. The summed E-state index contributed by atoms with van der Waals surface area (Å²) in [6, 6.07) is 0.770. The van der Waals surface area contributed by atoms with Crippen molar-refractivity contribution in [3.63, 3.8) is 0 Å². The first-order chi connectivity index (χ1) is 5.46. The second-order valence-electron chi connectivity index (χ2n) is 5.09. The summed E-state index contributed by atoms with van der Waals surface area (Å²) in [5.41, 5.74) is 0.589. The molecule has 1 fully saturated rings. The maximum atomic E-state index is 2.48. The fourth-order valence-corrected chi connectivity index (χ4v) is 2.11. The third-order valence-corrected chi connectivity index (χ3v) is 3.94. The Morgan fingerprint density at radius 1 is 1.42 bits per heavy atom. The molecule has 1 aliphatic rings. The zero-order chi connectivity index (χ0) is 9.35. The highest BCUT2D eigenvalue weighted by molar-refractivity contribution is 4.87. The van der Waals surface area contributed by atoms with Crippen LogP contribution in [0.5, 0.6) is 0 Å². The van der Waals surface area contributed by atoms with E-state index >= 15 is 0 Å². The number of rotatable bonds is 1. The molecule has 0 aromatic carbocycles. The quantitative estimate of drug-likeness (QED) is 0.583. The van der Waals surface area contributed by atoms with Gasteiger partial charge in [0.15, 0.2) is 0 Å². The number of nitrogens with zero attached hydrogens (tertiary/aromatic N) is 1. The van der Waals surface area contributed by atoms with Gasteiger partial charge in [-0.15, -0.1) is 0 Å². The van der Waals surface area contributed by atoms with Crippen molar-refractivity contribution in [2.75, 3.05) is 13.6 Å². The van der Waals surface area contributed by atoms with Crippen LogP contribution in [-0.2, 0) is 0 Å². The molecule has 1 saturated heterocycles. The van der Waals surface area contributed by atoms with Gasteiger partial charge in [-0.05, 0) is 44.7 Å². The molecule has 0 spiro atoms. The third kappa shape index (κ3) is 1.82. The number of piperidine rings is 1. The second kappa shape index (κ2) is 3.37. The highest BCUT2D eigenvalue weighted by atomic mass is 15.1. The highest BCUT2D eigenvalue weighted by Crippen LogP contribution is 2.39. The van der Waals surface area contributed by atoms with Crippen molar-refractivity contribution in [2.45, 2.75) is 46.6 Å². The molecular weight excluding hydrogens is 146 g/mol. The molecule has 0 saturated carbocycles. The fourth-order valence-electron chi connectivity index (χ4n) is 2.11. The normalized spacial score (nSPS) is 39.0. The van der Waals surface area contributed by atoms with Gasteiger partial charge in [0.2, 0.25) is 0 Å². The van der Waals surface area contributed by atoms with Crippen LogP contribution in [0.15, 0.2) is 0 Å². The molecule has 12 heavy (non-hydrogen) atoms. The van der Waals surface area contributed by atoms with E-state index in [1.165, 1.54) is 19.4 Å². The van der Waals surface area contributed by atoms with E-state index in [9.17, 15) is 0 Å². The van der Waals surface area contributed by atoms with Gasteiger partial charge in [0.05, 0.1) is 0 Å². The summed E-state index contributed by atoms with van der Waals surface area (Å²) in [5, 5.41) is 0. The molecule has 72 valence electrons. The van der Waals surface area contributed by atoms with Crippen LogP contribution in [0, 0.1) is 11.3 Å². The van der Waals surface area contributed by atoms with E-state index in [1.807, 2.05) is 0 Å². The number of likely N-dealkylation sites (tertiary alicyclic amines) is 1. The first-order valence-corrected chi connectivity index (χ1v) is 5.16. The van der Waals surface area contributed by atoms with Gasteiger partial charge in [0.25, 0.3) is 0 Å². The molecule has 0 radical (unpaired) electrons. The molecule has 1 heteroatoms. The van der Waals surface area contributed by atoms with Crippen LogP contribution in [0.2, 0.25) is 0 Å². The molecule has 1 nitrogen and oxygen atoms in total. The maximum absolute atomic E-state index is 2.48. The minimum Gasteiger partial charge on any atom is -0.304 e. The minimum absolute atomic E-state index is 0.589. The van der Waals surface area contributed by atoms with Crippen LogP contribution in [0.1, 0.15) is 40.5 Å². The van der Waals surface area contributed by atoms with Gasteiger partial charge in [-0.2, -0.15) is 0 Å². The molecule has 0 N–H and O–H groups in total. The van der Waals surface area contributed by atoms with Crippen molar-refractivity contribution in [1.82, 2.24) is 4.90 Å². The molecule has 2 atom stereocenters. The van der Waals surface area contributed by atoms with Gasteiger partial charge in [0.1, 0.15) is 0 Å². The summed E-state index contributed by atoms with van der Waals surface area (Å²) in [6.07, 6.45) is 2.73. The maximum Gasteiger partial charge on any atom is 0.00691 e. The van der Waals surface area contributed by atoms with Crippen molar-refractivity contribution in [3.8, 4) is 0 Å². The standard InChI is InChI=1S/C11H23N/c1-9(2)11(4)6-7-12(5)10(3)8-11/h9-10H,6-8H2,1-5H3/t10-,11+/m0/s1. The zero-order valence-corrected chi connectivity index (χ0v) is 9.22. The molecule has 0 aromatic heterocycles.